The van der Waals surface area contributed by atoms with Gasteiger partial charge in [0.2, 0.25) is 5.28 Å². The zero-order valence-corrected chi connectivity index (χ0v) is 18.9. The third kappa shape index (κ3) is 3.11. The van der Waals surface area contributed by atoms with Crippen molar-refractivity contribution in [2.75, 3.05) is 0 Å². The Labute approximate surface area is 189 Å². The molecule has 0 aliphatic carbocycles. The Morgan fingerprint density at radius 2 is 1.26 bits per heavy atom. The molecule has 0 fully saturated rings. The van der Waals surface area contributed by atoms with Crippen molar-refractivity contribution in [3.8, 4) is 22.8 Å². The van der Waals surface area contributed by atoms with E-state index in [1.54, 1.807) is 0 Å². The molecule has 5 rings (SSSR count). The minimum atomic E-state index is 0.180. The van der Waals surface area contributed by atoms with Crippen LogP contribution in [0.2, 0.25) is 5.28 Å². The van der Waals surface area contributed by atoms with Crippen molar-refractivity contribution in [2.45, 2.75) is 0 Å². The maximum absolute atomic E-state index is 6.42. The van der Waals surface area contributed by atoms with Gasteiger partial charge in [0, 0.05) is 21.9 Å². The highest BCUT2D eigenvalue weighted by atomic mass is 35.5. The molecular formula is C21H17B5ClN3O. The topological polar surface area (TPSA) is 51.8 Å². The van der Waals surface area contributed by atoms with E-state index in [-0.39, 0.29) is 5.28 Å². The number of fused-ring (bicyclic) bond motifs is 3. The van der Waals surface area contributed by atoms with Crippen LogP contribution in [0.25, 0.3) is 44.7 Å². The second kappa shape index (κ2) is 7.35. The van der Waals surface area contributed by atoms with Crippen molar-refractivity contribution in [3.05, 3.63) is 47.7 Å². The first-order chi connectivity index (χ1) is 14.9. The van der Waals surface area contributed by atoms with Crippen LogP contribution in [-0.4, -0.2) is 54.2 Å². The standard InChI is InChI=1S/C21H17B5ClN3O/c22-14-13(15(23)17(25)18(26)16(14)24)20-28-19(29-21(27)30-20)9-5-3-7-11-12(9)8-4-1-2-6-10(8)31-11/h1-7H,22-26H2. The lowest BCUT2D eigenvalue weighted by Crippen LogP contribution is -2.55. The van der Waals surface area contributed by atoms with Crippen LogP contribution in [-0.2, 0) is 0 Å². The number of nitrogens with zero attached hydrogens (tertiary/aromatic N) is 3. The highest BCUT2D eigenvalue weighted by Crippen LogP contribution is 2.35. The Kier molecular flexibility index (Phi) is 4.74. The van der Waals surface area contributed by atoms with E-state index in [2.05, 4.69) is 55.3 Å². The number of furan rings is 1. The Hall–Kier alpha value is -2.92. The third-order valence-corrected chi connectivity index (χ3v) is 6.64. The van der Waals surface area contributed by atoms with Crippen molar-refractivity contribution in [2.24, 2.45) is 0 Å². The van der Waals surface area contributed by atoms with Gasteiger partial charge in [-0.05, 0) is 23.7 Å². The summed E-state index contributed by atoms with van der Waals surface area (Å²) in [6.45, 7) is 0. The van der Waals surface area contributed by atoms with E-state index in [1.807, 2.05) is 36.4 Å². The molecule has 31 heavy (non-hydrogen) atoms. The highest BCUT2D eigenvalue weighted by molar-refractivity contribution is 6.68. The molecule has 2 aromatic heterocycles. The zero-order chi connectivity index (χ0) is 21.9. The van der Waals surface area contributed by atoms with Crippen LogP contribution in [0.1, 0.15) is 0 Å². The first-order valence-electron chi connectivity index (χ1n) is 10.3. The van der Waals surface area contributed by atoms with Gasteiger partial charge < -0.3 is 4.42 Å². The molecule has 4 nitrogen and oxygen atoms in total. The second-order valence-corrected chi connectivity index (χ2v) is 8.37. The van der Waals surface area contributed by atoms with Crippen molar-refractivity contribution in [1.29, 1.82) is 0 Å². The fourth-order valence-corrected chi connectivity index (χ4v) is 4.54. The SMILES string of the molecule is Bc1c(B)c(B)c(-c2nc(Cl)nc(-c3cccc4oc5ccccc5c34)n2)c(B)c1B. The van der Waals surface area contributed by atoms with Crippen LogP contribution in [0.4, 0.5) is 0 Å². The van der Waals surface area contributed by atoms with E-state index in [0.29, 0.717) is 11.6 Å². The largest absolute Gasteiger partial charge is 0.456 e. The summed E-state index contributed by atoms with van der Waals surface area (Å²) in [6, 6.07) is 13.9. The number of benzene rings is 3. The van der Waals surface area contributed by atoms with Gasteiger partial charge in [-0.1, -0.05) is 41.3 Å². The first kappa shape index (κ1) is 20.0. The monoisotopic (exact) mass is 417 g/mol. The molecule has 0 saturated carbocycles. The molecule has 0 unspecified atom stereocenters. The number of hydrogen-bond acceptors (Lipinski definition) is 4. The van der Waals surface area contributed by atoms with Gasteiger partial charge in [-0.2, -0.15) is 9.97 Å². The van der Waals surface area contributed by atoms with Gasteiger partial charge in [0.05, 0.1) is 0 Å². The van der Waals surface area contributed by atoms with Crippen LogP contribution in [0.3, 0.4) is 0 Å². The van der Waals surface area contributed by atoms with Gasteiger partial charge in [-0.15, -0.1) is 16.4 Å². The van der Waals surface area contributed by atoms with Crippen LogP contribution in [0, 0.1) is 0 Å². The van der Waals surface area contributed by atoms with Crippen molar-refractivity contribution >= 4 is 100 Å². The Morgan fingerprint density at radius 3 is 2.00 bits per heavy atom. The van der Waals surface area contributed by atoms with E-state index in [0.717, 1.165) is 33.1 Å². The molecular weight excluding hydrogens is 400 g/mol. The summed E-state index contributed by atoms with van der Waals surface area (Å²) in [5.74, 6) is 1.14. The summed E-state index contributed by atoms with van der Waals surface area (Å²) < 4.78 is 6.04. The summed E-state index contributed by atoms with van der Waals surface area (Å²) in [7, 11) is 10.7. The lowest BCUT2D eigenvalue weighted by atomic mass is 9.60. The van der Waals surface area contributed by atoms with E-state index >= 15 is 0 Å². The maximum Gasteiger partial charge on any atom is 0.226 e. The van der Waals surface area contributed by atoms with Crippen LogP contribution in [0.5, 0.6) is 0 Å². The van der Waals surface area contributed by atoms with E-state index in [9.17, 15) is 0 Å². The number of rotatable bonds is 2. The minimum absolute atomic E-state index is 0.180. The predicted molar refractivity (Wildman–Crippen MR) is 144 cm³/mol. The molecule has 0 saturated heterocycles. The molecule has 0 aliphatic rings. The average Bonchev–Trinajstić information content (AvgIpc) is 3.15. The van der Waals surface area contributed by atoms with E-state index < -0.39 is 0 Å². The fourth-order valence-electron chi connectivity index (χ4n) is 4.38. The molecule has 0 bridgehead atoms. The van der Waals surface area contributed by atoms with Crippen LogP contribution >= 0.6 is 11.6 Å². The normalized spacial score (nSPS) is 11.4. The number of aromatic nitrogens is 3. The molecule has 0 spiro atoms. The molecule has 0 radical (unpaired) electrons. The van der Waals surface area contributed by atoms with Crippen molar-refractivity contribution < 1.29 is 4.42 Å². The molecule has 0 amide bonds. The number of hydrogen-bond donors (Lipinski definition) is 0. The van der Waals surface area contributed by atoms with Gasteiger partial charge >= 0.3 is 0 Å². The Balaban J connectivity index is 1.81. The van der Waals surface area contributed by atoms with Gasteiger partial charge in [-0.3, -0.25) is 0 Å². The van der Waals surface area contributed by atoms with Crippen LogP contribution in [0.15, 0.2) is 46.9 Å². The smallest absolute Gasteiger partial charge is 0.226 e. The quantitative estimate of drug-likeness (QED) is 0.289. The third-order valence-electron chi connectivity index (χ3n) is 6.48. The zero-order valence-electron chi connectivity index (χ0n) is 18.2. The lowest BCUT2D eigenvalue weighted by molar-refractivity contribution is 0.669. The van der Waals surface area contributed by atoms with Gasteiger partial charge in [-0.25, -0.2) is 4.98 Å². The van der Waals surface area contributed by atoms with Gasteiger partial charge in [0.1, 0.15) is 50.4 Å². The minimum Gasteiger partial charge on any atom is -0.456 e. The van der Waals surface area contributed by atoms with Gasteiger partial charge in [0.15, 0.2) is 11.6 Å². The molecule has 0 atom stereocenters. The maximum atomic E-state index is 6.42. The number of halogens is 1. The van der Waals surface area contributed by atoms with E-state index in [4.69, 9.17) is 21.0 Å². The molecule has 2 heterocycles. The van der Waals surface area contributed by atoms with Gasteiger partial charge in [0.25, 0.3) is 0 Å². The molecule has 0 aliphatic heterocycles. The van der Waals surface area contributed by atoms with E-state index in [1.165, 1.54) is 27.3 Å². The molecule has 5 aromatic rings. The number of para-hydroxylation sites is 1. The Morgan fingerprint density at radius 1 is 0.645 bits per heavy atom. The molecule has 144 valence electrons. The summed E-state index contributed by atoms with van der Waals surface area (Å²) in [5.41, 5.74) is 9.67. The predicted octanol–water partition coefficient (Wildman–Crippen LogP) is -2.95. The lowest BCUT2D eigenvalue weighted by Gasteiger charge is -2.19. The Bertz CT molecular complexity index is 1490. The van der Waals surface area contributed by atoms with Crippen molar-refractivity contribution in [3.63, 3.8) is 0 Å². The summed E-state index contributed by atoms with van der Waals surface area (Å²) in [6.07, 6.45) is 0. The molecule has 10 heteroatoms. The summed E-state index contributed by atoms with van der Waals surface area (Å²) in [5, 5.41) is 2.19. The fraction of sp³-hybridized carbons (Fsp3) is 0. The summed E-state index contributed by atoms with van der Waals surface area (Å²) >= 11 is 6.42. The molecule has 0 N–H and O–H groups in total. The second-order valence-electron chi connectivity index (χ2n) is 8.03. The first-order valence-corrected chi connectivity index (χ1v) is 10.6. The highest BCUT2D eigenvalue weighted by Gasteiger charge is 2.19. The average molecular weight is 417 g/mol. The van der Waals surface area contributed by atoms with Crippen LogP contribution < -0.4 is 27.3 Å². The molecule has 3 aromatic carbocycles. The summed E-state index contributed by atoms with van der Waals surface area (Å²) in [4.78, 5) is 13.9. The van der Waals surface area contributed by atoms with Crippen molar-refractivity contribution in [1.82, 2.24) is 15.0 Å².